The van der Waals surface area contributed by atoms with Crippen molar-refractivity contribution in [1.82, 2.24) is 4.90 Å². The normalized spacial score (nSPS) is 10.2. The van der Waals surface area contributed by atoms with E-state index in [1.54, 1.807) is 29.2 Å². The highest BCUT2D eigenvalue weighted by Gasteiger charge is 2.12. The van der Waals surface area contributed by atoms with Gasteiger partial charge in [0.05, 0.1) is 13.0 Å². The minimum atomic E-state index is -0.0126. The highest BCUT2D eigenvalue weighted by Crippen LogP contribution is 2.11. The molecule has 17 heavy (non-hydrogen) atoms. The molecule has 0 aromatic heterocycles. The van der Waals surface area contributed by atoms with Crippen LogP contribution in [-0.2, 0) is 11.2 Å². The number of aliphatic hydroxyl groups is 1. The fraction of sp³-hybridized carbons (Fsp3) is 0.462. The number of nitrogens with zero attached hydrogens (tertiary/aromatic N) is 1. The molecule has 1 rings (SSSR count). The summed E-state index contributed by atoms with van der Waals surface area (Å²) in [5.41, 5.74) is 0.867. The Morgan fingerprint density at radius 1 is 1.24 bits per heavy atom. The Balaban J connectivity index is 2.59. The molecule has 0 aliphatic rings. The first-order valence-corrected chi connectivity index (χ1v) is 5.84. The Morgan fingerprint density at radius 3 is 2.41 bits per heavy atom. The molecule has 0 heterocycles. The molecule has 1 amide bonds. The quantitative estimate of drug-likeness (QED) is 0.780. The summed E-state index contributed by atoms with van der Waals surface area (Å²) in [6, 6.07) is 6.60. The third-order valence-corrected chi connectivity index (χ3v) is 2.51. The van der Waals surface area contributed by atoms with E-state index in [-0.39, 0.29) is 18.3 Å². The largest absolute Gasteiger partial charge is 0.508 e. The maximum Gasteiger partial charge on any atom is 0.227 e. The summed E-state index contributed by atoms with van der Waals surface area (Å²) < 4.78 is 0. The molecular weight excluding hydrogens is 218 g/mol. The summed E-state index contributed by atoms with van der Waals surface area (Å²) in [6.45, 7) is 3.03. The van der Waals surface area contributed by atoms with Gasteiger partial charge in [0.2, 0.25) is 5.91 Å². The van der Waals surface area contributed by atoms with E-state index in [2.05, 4.69) is 0 Å². The smallest absolute Gasteiger partial charge is 0.227 e. The van der Waals surface area contributed by atoms with Gasteiger partial charge in [0.1, 0.15) is 5.75 Å². The summed E-state index contributed by atoms with van der Waals surface area (Å²) in [7, 11) is 0. The molecule has 0 aliphatic heterocycles. The van der Waals surface area contributed by atoms with Crippen LogP contribution in [0.2, 0.25) is 0 Å². The summed E-state index contributed by atoms with van der Waals surface area (Å²) in [5, 5.41) is 18.0. The minimum absolute atomic E-state index is 0.00610. The van der Waals surface area contributed by atoms with E-state index >= 15 is 0 Å². The highest BCUT2D eigenvalue weighted by atomic mass is 16.3. The van der Waals surface area contributed by atoms with Gasteiger partial charge in [-0.2, -0.15) is 0 Å². The first kappa shape index (κ1) is 13.5. The Bertz CT molecular complexity index is 342. The molecule has 0 spiro atoms. The van der Waals surface area contributed by atoms with Gasteiger partial charge in [-0.1, -0.05) is 19.1 Å². The molecule has 1 aromatic carbocycles. The molecule has 1 aromatic rings. The van der Waals surface area contributed by atoms with Crippen LogP contribution in [0.3, 0.4) is 0 Å². The summed E-state index contributed by atoms with van der Waals surface area (Å²) in [6.07, 6.45) is 1.18. The zero-order valence-corrected chi connectivity index (χ0v) is 10.1. The number of hydrogen-bond donors (Lipinski definition) is 2. The van der Waals surface area contributed by atoms with Crippen LogP contribution in [0.25, 0.3) is 0 Å². The van der Waals surface area contributed by atoms with Crippen molar-refractivity contribution in [3.05, 3.63) is 29.8 Å². The second-order valence-corrected chi connectivity index (χ2v) is 3.95. The number of aromatic hydroxyl groups is 1. The Kier molecular flexibility index (Phi) is 5.49. The maximum atomic E-state index is 11.9. The van der Waals surface area contributed by atoms with Gasteiger partial charge in [-0.05, 0) is 24.1 Å². The van der Waals surface area contributed by atoms with Crippen LogP contribution in [0.15, 0.2) is 24.3 Å². The van der Waals surface area contributed by atoms with Crippen molar-refractivity contribution in [2.45, 2.75) is 19.8 Å². The molecule has 0 saturated carbocycles. The summed E-state index contributed by atoms with van der Waals surface area (Å²) >= 11 is 0. The van der Waals surface area contributed by atoms with Crippen LogP contribution in [0.5, 0.6) is 5.75 Å². The van der Waals surface area contributed by atoms with Crippen molar-refractivity contribution < 1.29 is 15.0 Å². The number of phenols is 1. The second kappa shape index (κ2) is 6.91. The molecule has 0 bridgehead atoms. The van der Waals surface area contributed by atoms with E-state index in [1.165, 1.54) is 0 Å². The van der Waals surface area contributed by atoms with Crippen LogP contribution in [-0.4, -0.2) is 40.7 Å². The Hall–Kier alpha value is -1.55. The first-order valence-electron chi connectivity index (χ1n) is 5.84. The molecule has 4 nitrogen and oxygen atoms in total. The van der Waals surface area contributed by atoms with Crippen molar-refractivity contribution in [2.75, 3.05) is 19.7 Å². The number of hydrogen-bond acceptors (Lipinski definition) is 3. The molecule has 0 fully saturated rings. The minimum Gasteiger partial charge on any atom is -0.508 e. The summed E-state index contributed by atoms with van der Waals surface area (Å²) in [4.78, 5) is 13.6. The van der Waals surface area contributed by atoms with E-state index in [4.69, 9.17) is 10.2 Å². The van der Waals surface area contributed by atoms with Crippen LogP contribution in [0, 0.1) is 0 Å². The lowest BCUT2D eigenvalue weighted by Crippen LogP contribution is -2.35. The number of phenolic OH excluding ortho intramolecular Hbond substituents is 1. The van der Waals surface area contributed by atoms with E-state index in [9.17, 15) is 4.79 Å². The average Bonchev–Trinajstić information content (AvgIpc) is 2.32. The molecule has 4 heteroatoms. The molecule has 0 atom stereocenters. The average molecular weight is 237 g/mol. The Labute approximate surface area is 101 Å². The van der Waals surface area contributed by atoms with Gasteiger partial charge in [0.15, 0.2) is 0 Å². The van der Waals surface area contributed by atoms with Gasteiger partial charge >= 0.3 is 0 Å². The van der Waals surface area contributed by atoms with Crippen LogP contribution in [0.4, 0.5) is 0 Å². The van der Waals surface area contributed by atoms with Gasteiger partial charge in [-0.15, -0.1) is 0 Å². The van der Waals surface area contributed by atoms with E-state index in [1.807, 2.05) is 6.92 Å². The standard InChI is InChI=1S/C13H19NO3/c1-2-7-14(8-9-15)13(17)10-11-3-5-12(16)6-4-11/h3-6,15-16H,2,7-10H2,1H3. The van der Waals surface area contributed by atoms with E-state index < -0.39 is 0 Å². The number of amides is 1. The van der Waals surface area contributed by atoms with Gasteiger partial charge in [0.25, 0.3) is 0 Å². The van der Waals surface area contributed by atoms with Gasteiger partial charge < -0.3 is 15.1 Å². The monoisotopic (exact) mass is 237 g/mol. The van der Waals surface area contributed by atoms with Gasteiger partial charge in [-0.25, -0.2) is 0 Å². The van der Waals surface area contributed by atoms with Crippen LogP contribution >= 0.6 is 0 Å². The predicted molar refractivity (Wildman–Crippen MR) is 65.8 cm³/mol. The third-order valence-electron chi connectivity index (χ3n) is 2.51. The molecular formula is C13H19NO3. The first-order chi connectivity index (χ1) is 8.17. The predicted octanol–water partition coefficient (Wildman–Crippen LogP) is 1.17. The van der Waals surface area contributed by atoms with E-state index in [0.29, 0.717) is 19.5 Å². The van der Waals surface area contributed by atoms with Crippen molar-refractivity contribution in [2.24, 2.45) is 0 Å². The molecule has 2 N–H and O–H groups in total. The van der Waals surface area contributed by atoms with Crippen molar-refractivity contribution in [3.63, 3.8) is 0 Å². The zero-order chi connectivity index (χ0) is 12.7. The number of carbonyl (C=O) groups excluding carboxylic acids is 1. The lowest BCUT2D eigenvalue weighted by molar-refractivity contribution is -0.131. The van der Waals surface area contributed by atoms with Crippen LogP contribution < -0.4 is 0 Å². The van der Waals surface area contributed by atoms with Crippen LogP contribution in [0.1, 0.15) is 18.9 Å². The number of carbonyl (C=O) groups is 1. The lowest BCUT2D eigenvalue weighted by Gasteiger charge is -2.21. The van der Waals surface area contributed by atoms with Gasteiger partial charge in [0, 0.05) is 13.1 Å². The third kappa shape index (κ3) is 4.44. The van der Waals surface area contributed by atoms with Crippen molar-refractivity contribution >= 4 is 5.91 Å². The lowest BCUT2D eigenvalue weighted by atomic mass is 10.1. The number of benzene rings is 1. The number of rotatable bonds is 6. The second-order valence-electron chi connectivity index (χ2n) is 3.95. The molecule has 0 unspecified atom stereocenters. The van der Waals surface area contributed by atoms with E-state index in [0.717, 1.165) is 12.0 Å². The highest BCUT2D eigenvalue weighted by molar-refractivity contribution is 5.78. The molecule has 0 saturated heterocycles. The fourth-order valence-corrected chi connectivity index (χ4v) is 1.65. The summed E-state index contributed by atoms with van der Waals surface area (Å²) in [5.74, 6) is 0.202. The maximum absolute atomic E-state index is 11.9. The van der Waals surface area contributed by atoms with Crippen molar-refractivity contribution in [1.29, 1.82) is 0 Å². The molecule has 0 aliphatic carbocycles. The fourth-order valence-electron chi connectivity index (χ4n) is 1.65. The van der Waals surface area contributed by atoms with Crippen molar-refractivity contribution in [3.8, 4) is 5.75 Å². The van der Waals surface area contributed by atoms with Gasteiger partial charge in [-0.3, -0.25) is 4.79 Å². The number of aliphatic hydroxyl groups excluding tert-OH is 1. The topological polar surface area (TPSA) is 60.8 Å². The SMILES string of the molecule is CCCN(CCO)C(=O)Cc1ccc(O)cc1. The molecule has 0 radical (unpaired) electrons. The zero-order valence-electron chi connectivity index (χ0n) is 10.1. The molecule has 94 valence electrons. The Morgan fingerprint density at radius 2 is 1.88 bits per heavy atom.